The molecule has 0 spiro atoms. The van der Waals surface area contributed by atoms with Gasteiger partial charge in [-0.3, -0.25) is 4.79 Å². The molecule has 0 unspecified atom stereocenters. The van der Waals surface area contributed by atoms with Crippen LogP contribution in [0.4, 0.5) is 0 Å². The third-order valence-electron chi connectivity index (χ3n) is 3.78. The Hall–Kier alpha value is -2.54. The average molecular weight is 363 g/mol. The first-order valence-electron chi connectivity index (χ1n) is 7.59. The van der Waals surface area contributed by atoms with E-state index < -0.39 is 21.8 Å². The van der Waals surface area contributed by atoms with Crippen molar-refractivity contribution in [2.75, 3.05) is 20.5 Å². The molecule has 25 heavy (non-hydrogen) atoms. The summed E-state index contributed by atoms with van der Waals surface area (Å²) in [7, 11) is -0.415. The standard InChI is InChI=1S/C18H21NO5S/c1-12(15-11-13(23-2)9-10-16(15)24-3)19-18(20)14-7-5-6-8-17(14)25(4,21)22/h5-12H,1-4H3,(H,19,20)/t12-/m0/s1. The summed E-state index contributed by atoms with van der Waals surface area (Å²) in [6.07, 6.45) is 1.08. The van der Waals surface area contributed by atoms with Crippen molar-refractivity contribution in [1.82, 2.24) is 5.32 Å². The Balaban J connectivity index is 2.33. The van der Waals surface area contributed by atoms with Crippen LogP contribution in [0.1, 0.15) is 28.9 Å². The second kappa shape index (κ2) is 7.57. The lowest BCUT2D eigenvalue weighted by atomic mass is 10.1. The van der Waals surface area contributed by atoms with Gasteiger partial charge < -0.3 is 14.8 Å². The van der Waals surface area contributed by atoms with Crippen LogP contribution in [-0.2, 0) is 9.84 Å². The predicted molar refractivity (Wildman–Crippen MR) is 95.0 cm³/mol. The quantitative estimate of drug-likeness (QED) is 0.853. The number of sulfone groups is 1. The molecule has 134 valence electrons. The van der Waals surface area contributed by atoms with E-state index in [0.717, 1.165) is 11.8 Å². The molecular formula is C18H21NO5S. The van der Waals surface area contributed by atoms with Gasteiger partial charge >= 0.3 is 0 Å². The molecular weight excluding hydrogens is 342 g/mol. The largest absolute Gasteiger partial charge is 0.497 e. The number of nitrogens with one attached hydrogen (secondary N) is 1. The van der Waals surface area contributed by atoms with E-state index >= 15 is 0 Å². The van der Waals surface area contributed by atoms with Gasteiger partial charge in [0.05, 0.1) is 30.7 Å². The number of carbonyl (C=O) groups is 1. The molecule has 7 heteroatoms. The van der Waals surface area contributed by atoms with E-state index in [1.165, 1.54) is 12.1 Å². The van der Waals surface area contributed by atoms with Crippen LogP contribution in [0.2, 0.25) is 0 Å². The molecule has 0 bridgehead atoms. The van der Waals surface area contributed by atoms with Crippen LogP contribution < -0.4 is 14.8 Å². The minimum absolute atomic E-state index is 0.00249. The topological polar surface area (TPSA) is 81.7 Å². The maximum absolute atomic E-state index is 12.6. The van der Waals surface area contributed by atoms with Crippen LogP contribution in [0.15, 0.2) is 47.4 Å². The summed E-state index contributed by atoms with van der Waals surface area (Å²) in [5.41, 5.74) is 0.839. The normalized spacial score (nSPS) is 12.3. The lowest BCUT2D eigenvalue weighted by Gasteiger charge is -2.19. The highest BCUT2D eigenvalue weighted by molar-refractivity contribution is 7.90. The Bertz CT molecular complexity index is 877. The highest BCUT2D eigenvalue weighted by Crippen LogP contribution is 2.29. The Kier molecular flexibility index (Phi) is 5.69. The number of amides is 1. The second-order valence-electron chi connectivity index (χ2n) is 5.57. The first-order valence-corrected chi connectivity index (χ1v) is 9.49. The number of carbonyl (C=O) groups excluding carboxylic acids is 1. The number of hydrogen-bond acceptors (Lipinski definition) is 5. The van der Waals surface area contributed by atoms with E-state index in [2.05, 4.69) is 5.32 Å². The van der Waals surface area contributed by atoms with Crippen LogP contribution in [0.5, 0.6) is 11.5 Å². The summed E-state index contributed by atoms with van der Waals surface area (Å²) < 4.78 is 34.3. The molecule has 0 aliphatic rings. The third kappa shape index (κ3) is 4.30. The van der Waals surface area contributed by atoms with Crippen molar-refractivity contribution in [3.63, 3.8) is 0 Å². The van der Waals surface area contributed by atoms with Crippen LogP contribution in [0.3, 0.4) is 0 Å². The van der Waals surface area contributed by atoms with Gasteiger partial charge in [0.2, 0.25) is 0 Å². The minimum Gasteiger partial charge on any atom is -0.497 e. The Morgan fingerprint density at radius 3 is 2.36 bits per heavy atom. The highest BCUT2D eigenvalue weighted by Gasteiger charge is 2.21. The lowest BCUT2D eigenvalue weighted by Crippen LogP contribution is -2.28. The van der Waals surface area contributed by atoms with Crippen molar-refractivity contribution in [2.24, 2.45) is 0 Å². The Morgan fingerprint density at radius 2 is 1.76 bits per heavy atom. The van der Waals surface area contributed by atoms with E-state index in [-0.39, 0.29) is 10.5 Å². The van der Waals surface area contributed by atoms with Gasteiger partial charge in [0.1, 0.15) is 11.5 Å². The maximum atomic E-state index is 12.6. The van der Waals surface area contributed by atoms with E-state index in [4.69, 9.17) is 9.47 Å². The molecule has 0 aliphatic heterocycles. The van der Waals surface area contributed by atoms with E-state index in [9.17, 15) is 13.2 Å². The fourth-order valence-corrected chi connectivity index (χ4v) is 3.39. The highest BCUT2D eigenvalue weighted by atomic mass is 32.2. The van der Waals surface area contributed by atoms with Gasteiger partial charge in [-0.05, 0) is 37.3 Å². The first kappa shape index (κ1) is 18.8. The van der Waals surface area contributed by atoms with Crippen LogP contribution in [-0.4, -0.2) is 34.8 Å². The zero-order valence-electron chi connectivity index (χ0n) is 14.6. The average Bonchev–Trinajstić information content (AvgIpc) is 2.60. The van der Waals surface area contributed by atoms with Crippen LogP contribution in [0.25, 0.3) is 0 Å². The molecule has 6 nitrogen and oxygen atoms in total. The van der Waals surface area contributed by atoms with Gasteiger partial charge in [-0.1, -0.05) is 12.1 Å². The molecule has 1 N–H and O–H groups in total. The molecule has 0 saturated carbocycles. The third-order valence-corrected chi connectivity index (χ3v) is 4.94. The van der Waals surface area contributed by atoms with Gasteiger partial charge in [-0.15, -0.1) is 0 Å². The molecule has 0 aliphatic carbocycles. The zero-order valence-corrected chi connectivity index (χ0v) is 15.4. The number of methoxy groups -OCH3 is 2. The Morgan fingerprint density at radius 1 is 1.08 bits per heavy atom. The smallest absolute Gasteiger partial charge is 0.253 e. The predicted octanol–water partition coefficient (Wildman–Crippen LogP) is 2.60. The summed E-state index contributed by atoms with van der Waals surface area (Å²) in [6.45, 7) is 1.79. The van der Waals surface area contributed by atoms with Gasteiger partial charge in [-0.25, -0.2) is 8.42 Å². The molecule has 2 aromatic rings. The molecule has 0 fully saturated rings. The van der Waals surface area contributed by atoms with Crippen molar-refractivity contribution in [3.05, 3.63) is 53.6 Å². The van der Waals surface area contributed by atoms with E-state index in [1.807, 2.05) is 0 Å². The summed E-state index contributed by atoms with van der Waals surface area (Å²) in [6, 6.07) is 11.0. The van der Waals surface area contributed by atoms with Crippen molar-refractivity contribution >= 4 is 15.7 Å². The van der Waals surface area contributed by atoms with Crippen molar-refractivity contribution in [1.29, 1.82) is 0 Å². The number of ether oxygens (including phenoxy) is 2. The van der Waals surface area contributed by atoms with Gasteiger partial charge in [0, 0.05) is 11.8 Å². The van der Waals surface area contributed by atoms with Crippen molar-refractivity contribution in [2.45, 2.75) is 17.9 Å². The SMILES string of the molecule is COc1ccc(OC)c([C@H](C)NC(=O)c2ccccc2S(C)(=O)=O)c1. The maximum Gasteiger partial charge on any atom is 0.253 e. The zero-order chi connectivity index (χ0) is 18.6. The monoisotopic (exact) mass is 363 g/mol. The molecule has 1 atom stereocenters. The van der Waals surface area contributed by atoms with E-state index in [0.29, 0.717) is 11.5 Å². The van der Waals surface area contributed by atoms with Crippen LogP contribution in [0, 0.1) is 0 Å². The minimum atomic E-state index is -3.51. The number of rotatable bonds is 6. The number of benzene rings is 2. The fourth-order valence-electron chi connectivity index (χ4n) is 2.51. The summed E-state index contributed by atoms with van der Waals surface area (Å²) in [5, 5.41) is 2.81. The molecule has 0 saturated heterocycles. The Labute approximate surface area is 147 Å². The molecule has 1 amide bonds. The molecule has 0 radical (unpaired) electrons. The number of hydrogen-bond donors (Lipinski definition) is 1. The van der Waals surface area contributed by atoms with E-state index in [1.54, 1.807) is 51.5 Å². The lowest BCUT2D eigenvalue weighted by molar-refractivity contribution is 0.0936. The molecule has 0 heterocycles. The van der Waals surface area contributed by atoms with Gasteiger partial charge in [0.15, 0.2) is 9.84 Å². The van der Waals surface area contributed by atoms with Gasteiger partial charge in [0.25, 0.3) is 5.91 Å². The van der Waals surface area contributed by atoms with Crippen molar-refractivity contribution < 1.29 is 22.7 Å². The first-order chi connectivity index (χ1) is 11.8. The summed E-state index contributed by atoms with van der Waals surface area (Å²) in [4.78, 5) is 12.6. The van der Waals surface area contributed by atoms with Gasteiger partial charge in [-0.2, -0.15) is 0 Å². The molecule has 0 aromatic heterocycles. The fraction of sp³-hybridized carbons (Fsp3) is 0.278. The summed E-state index contributed by atoms with van der Waals surface area (Å²) in [5.74, 6) is 0.761. The van der Waals surface area contributed by atoms with Crippen LogP contribution >= 0.6 is 0 Å². The summed E-state index contributed by atoms with van der Waals surface area (Å²) >= 11 is 0. The molecule has 2 rings (SSSR count). The van der Waals surface area contributed by atoms with Crippen molar-refractivity contribution in [3.8, 4) is 11.5 Å². The molecule has 2 aromatic carbocycles. The second-order valence-corrected chi connectivity index (χ2v) is 7.56.